The van der Waals surface area contributed by atoms with Crippen molar-refractivity contribution in [2.24, 2.45) is 0 Å². The van der Waals surface area contributed by atoms with Crippen LogP contribution in [0.15, 0.2) is 34.9 Å². The molecule has 1 N–H and O–H groups in total. The number of nitrogens with zero attached hydrogens (tertiary/aromatic N) is 1. The third-order valence-corrected chi connectivity index (χ3v) is 3.54. The fraction of sp³-hybridized carbons (Fsp3) is 0.200. The van der Waals surface area contributed by atoms with Crippen molar-refractivity contribution in [3.8, 4) is 5.75 Å². The van der Waals surface area contributed by atoms with E-state index in [-0.39, 0.29) is 11.1 Å². The molecule has 1 heterocycles. The zero-order valence-electron chi connectivity index (χ0n) is 11.6. The highest BCUT2D eigenvalue weighted by molar-refractivity contribution is 9.10. The van der Waals surface area contributed by atoms with Crippen molar-refractivity contribution in [2.45, 2.75) is 13.8 Å². The molecule has 0 aliphatic heterocycles. The Labute approximate surface area is 136 Å². The predicted molar refractivity (Wildman–Crippen MR) is 87.2 cm³/mol. The highest BCUT2D eigenvalue weighted by Gasteiger charge is 2.13. The van der Waals surface area contributed by atoms with E-state index < -0.39 is 0 Å². The molecule has 0 unspecified atom stereocenters. The van der Waals surface area contributed by atoms with Gasteiger partial charge in [-0.3, -0.25) is 4.79 Å². The van der Waals surface area contributed by atoms with Gasteiger partial charge < -0.3 is 10.1 Å². The van der Waals surface area contributed by atoms with Crippen molar-refractivity contribution in [1.29, 1.82) is 0 Å². The number of anilines is 1. The lowest BCUT2D eigenvalue weighted by molar-refractivity contribution is 0.102. The average molecular weight is 370 g/mol. The molecule has 1 aromatic heterocycles. The van der Waals surface area contributed by atoms with Gasteiger partial charge in [0.1, 0.15) is 10.9 Å². The number of benzene rings is 1. The number of halogens is 2. The number of ether oxygens (including phenoxy) is 1. The molecule has 4 nitrogen and oxygen atoms in total. The molecule has 1 amide bonds. The lowest BCUT2D eigenvalue weighted by Gasteiger charge is -2.11. The van der Waals surface area contributed by atoms with E-state index in [1.54, 1.807) is 18.3 Å². The van der Waals surface area contributed by atoms with Crippen LogP contribution in [0.1, 0.15) is 22.8 Å². The number of nitrogens with one attached hydrogen (secondary N) is 1. The summed E-state index contributed by atoms with van der Waals surface area (Å²) >= 11 is 9.22. The summed E-state index contributed by atoms with van der Waals surface area (Å²) in [6.07, 6.45) is 1.54. The molecule has 0 radical (unpaired) electrons. The molecule has 110 valence electrons. The summed E-state index contributed by atoms with van der Waals surface area (Å²) in [5.74, 6) is 0.469. The van der Waals surface area contributed by atoms with E-state index in [0.29, 0.717) is 22.3 Å². The largest absolute Gasteiger partial charge is 0.494 e. The molecule has 0 aliphatic rings. The molecule has 2 rings (SSSR count). The fourth-order valence-corrected chi connectivity index (χ4v) is 2.32. The number of aromatic nitrogens is 1. The Morgan fingerprint density at radius 2 is 2.19 bits per heavy atom. The number of aryl methyl sites for hydroxylation is 1. The Bertz CT molecular complexity index is 677. The smallest absolute Gasteiger partial charge is 0.258 e. The topological polar surface area (TPSA) is 51.2 Å². The quantitative estimate of drug-likeness (QED) is 0.810. The van der Waals surface area contributed by atoms with Crippen LogP contribution in [0.5, 0.6) is 5.75 Å². The maximum atomic E-state index is 12.3. The average Bonchev–Trinajstić information content (AvgIpc) is 2.44. The normalized spacial score (nSPS) is 10.3. The van der Waals surface area contributed by atoms with Gasteiger partial charge in [0.2, 0.25) is 0 Å². The van der Waals surface area contributed by atoms with E-state index in [2.05, 4.69) is 26.2 Å². The maximum Gasteiger partial charge on any atom is 0.258 e. The van der Waals surface area contributed by atoms with E-state index in [0.717, 1.165) is 11.3 Å². The van der Waals surface area contributed by atoms with Crippen LogP contribution in [-0.2, 0) is 0 Å². The summed E-state index contributed by atoms with van der Waals surface area (Å²) in [4.78, 5) is 16.2. The van der Waals surface area contributed by atoms with Crippen LogP contribution in [0.3, 0.4) is 0 Å². The van der Waals surface area contributed by atoms with Crippen molar-refractivity contribution in [1.82, 2.24) is 4.98 Å². The zero-order valence-corrected chi connectivity index (χ0v) is 14.0. The van der Waals surface area contributed by atoms with E-state index in [4.69, 9.17) is 16.3 Å². The first-order valence-corrected chi connectivity index (χ1v) is 7.54. The van der Waals surface area contributed by atoms with Gasteiger partial charge in [0.15, 0.2) is 0 Å². The number of carbonyl (C=O) groups excluding carboxylic acids is 1. The molecule has 0 bridgehead atoms. The van der Waals surface area contributed by atoms with Crippen LogP contribution in [0.4, 0.5) is 5.69 Å². The first-order chi connectivity index (χ1) is 10.0. The summed E-state index contributed by atoms with van der Waals surface area (Å²) in [6.45, 7) is 4.43. The van der Waals surface area contributed by atoms with Gasteiger partial charge >= 0.3 is 0 Å². The van der Waals surface area contributed by atoms with Gasteiger partial charge in [0.25, 0.3) is 5.91 Å². The lowest BCUT2D eigenvalue weighted by Crippen LogP contribution is -2.14. The van der Waals surface area contributed by atoms with Gasteiger partial charge in [-0.05, 0) is 59.6 Å². The lowest BCUT2D eigenvalue weighted by atomic mass is 10.1. The van der Waals surface area contributed by atoms with Crippen LogP contribution in [-0.4, -0.2) is 17.5 Å². The SMILES string of the molecule is CCOc1ccc(NC(=O)c2cc(Br)cnc2Cl)c(C)c1. The van der Waals surface area contributed by atoms with Gasteiger partial charge in [-0.2, -0.15) is 0 Å². The van der Waals surface area contributed by atoms with E-state index in [1.165, 1.54) is 0 Å². The molecule has 6 heteroatoms. The van der Waals surface area contributed by atoms with Gasteiger partial charge in [0, 0.05) is 16.4 Å². The molecule has 0 fully saturated rings. The first kappa shape index (κ1) is 15.8. The third-order valence-electron chi connectivity index (χ3n) is 2.81. The predicted octanol–water partition coefficient (Wildman–Crippen LogP) is 4.46. The minimum atomic E-state index is -0.305. The Kier molecular flexibility index (Phi) is 5.20. The summed E-state index contributed by atoms with van der Waals surface area (Å²) < 4.78 is 6.11. The van der Waals surface area contributed by atoms with Crippen LogP contribution in [0.2, 0.25) is 5.15 Å². The molecule has 0 spiro atoms. The van der Waals surface area contributed by atoms with Crippen LogP contribution >= 0.6 is 27.5 Å². The Hall–Kier alpha value is -1.59. The Morgan fingerprint density at radius 3 is 2.86 bits per heavy atom. The molecule has 1 aromatic carbocycles. The number of rotatable bonds is 4. The fourth-order valence-electron chi connectivity index (χ4n) is 1.80. The molecule has 0 atom stereocenters. The Morgan fingerprint density at radius 1 is 1.43 bits per heavy atom. The molecular formula is C15H14BrClN2O2. The number of amides is 1. The highest BCUT2D eigenvalue weighted by Crippen LogP contribution is 2.24. The van der Waals surface area contributed by atoms with Gasteiger partial charge in [-0.25, -0.2) is 4.98 Å². The highest BCUT2D eigenvalue weighted by atomic mass is 79.9. The van der Waals surface area contributed by atoms with Crippen LogP contribution < -0.4 is 10.1 Å². The van der Waals surface area contributed by atoms with Gasteiger partial charge in [-0.15, -0.1) is 0 Å². The summed E-state index contributed by atoms with van der Waals surface area (Å²) in [7, 11) is 0. The third kappa shape index (κ3) is 3.95. The number of pyridine rings is 1. The van der Waals surface area contributed by atoms with Gasteiger partial charge in [-0.1, -0.05) is 11.6 Å². The van der Waals surface area contributed by atoms with Gasteiger partial charge in [0.05, 0.1) is 12.2 Å². The maximum absolute atomic E-state index is 12.3. The second-order valence-electron chi connectivity index (χ2n) is 4.36. The molecule has 0 aliphatic carbocycles. The molecule has 2 aromatic rings. The molecular weight excluding hydrogens is 356 g/mol. The van der Waals surface area contributed by atoms with E-state index >= 15 is 0 Å². The monoisotopic (exact) mass is 368 g/mol. The van der Waals surface area contributed by atoms with Crippen molar-refractivity contribution < 1.29 is 9.53 Å². The Balaban J connectivity index is 2.21. The summed E-state index contributed by atoms with van der Waals surface area (Å²) in [5, 5.41) is 2.99. The molecule has 21 heavy (non-hydrogen) atoms. The summed E-state index contributed by atoms with van der Waals surface area (Å²) in [5.41, 5.74) is 1.94. The van der Waals surface area contributed by atoms with E-state index in [9.17, 15) is 4.79 Å². The minimum absolute atomic E-state index is 0.166. The van der Waals surface area contributed by atoms with Crippen molar-refractivity contribution in [3.05, 3.63) is 51.2 Å². The second-order valence-corrected chi connectivity index (χ2v) is 5.63. The number of carbonyl (C=O) groups is 1. The van der Waals surface area contributed by atoms with Crippen molar-refractivity contribution in [2.75, 3.05) is 11.9 Å². The zero-order chi connectivity index (χ0) is 15.4. The molecule has 0 saturated heterocycles. The molecule has 0 saturated carbocycles. The minimum Gasteiger partial charge on any atom is -0.494 e. The first-order valence-electron chi connectivity index (χ1n) is 6.37. The second kappa shape index (κ2) is 6.91. The van der Waals surface area contributed by atoms with Crippen LogP contribution in [0, 0.1) is 6.92 Å². The summed E-state index contributed by atoms with van der Waals surface area (Å²) in [6, 6.07) is 7.12. The van der Waals surface area contributed by atoms with Crippen molar-refractivity contribution >= 4 is 39.1 Å². The number of hydrogen-bond acceptors (Lipinski definition) is 3. The van der Waals surface area contributed by atoms with Crippen LogP contribution in [0.25, 0.3) is 0 Å². The standard InChI is InChI=1S/C15H14BrClN2O2/c1-3-21-11-4-5-13(9(2)6-11)19-15(20)12-7-10(16)8-18-14(12)17/h4-8H,3H2,1-2H3,(H,19,20). The van der Waals surface area contributed by atoms with E-state index in [1.807, 2.05) is 26.0 Å². The number of hydrogen-bond donors (Lipinski definition) is 1. The van der Waals surface area contributed by atoms with Crippen molar-refractivity contribution in [3.63, 3.8) is 0 Å².